The van der Waals surface area contributed by atoms with Crippen molar-refractivity contribution in [2.24, 2.45) is 5.92 Å². The predicted octanol–water partition coefficient (Wildman–Crippen LogP) is 1.92. The number of ether oxygens (including phenoxy) is 1. The summed E-state index contributed by atoms with van der Waals surface area (Å²) in [5.41, 5.74) is 0.251. The van der Waals surface area contributed by atoms with Crippen LogP contribution in [0.15, 0.2) is 12.4 Å². The summed E-state index contributed by atoms with van der Waals surface area (Å²) in [6, 6.07) is 0. The van der Waals surface area contributed by atoms with Gasteiger partial charge in [-0.2, -0.15) is 4.68 Å². The first-order valence-electron chi connectivity index (χ1n) is 7.41. The molecular formula is C14H22N4O2. The molecule has 0 bridgehead atoms. The van der Waals surface area contributed by atoms with E-state index < -0.39 is 6.09 Å². The van der Waals surface area contributed by atoms with Crippen LogP contribution in [0.5, 0.6) is 0 Å². The van der Waals surface area contributed by atoms with Gasteiger partial charge in [0, 0.05) is 18.5 Å². The van der Waals surface area contributed by atoms with Gasteiger partial charge in [-0.1, -0.05) is 19.1 Å². The molecule has 3 heterocycles. The second-order valence-corrected chi connectivity index (χ2v) is 6.43. The molecule has 2 aliphatic heterocycles. The maximum atomic E-state index is 11.9. The van der Waals surface area contributed by atoms with E-state index in [9.17, 15) is 4.79 Å². The van der Waals surface area contributed by atoms with E-state index in [-0.39, 0.29) is 11.6 Å². The Labute approximate surface area is 119 Å². The van der Waals surface area contributed by atoms with Gasteiger partial charge in [-0.3, -0.25) is 4.90 Å². The van der Waals surface area contributed by atoms with Crippen LogP contribution in [-0.4, -0.2) is 50.7 Å². The molecule has 1 aromatic rings. The van der Waals surface area contributed by atoms with Crippen LogP contribution >= 0.6 is 0 Å². The SMILES string of the molecule is CC(C)C[C@@]12CCCN1C[C@@H](OC(=O)n1ccnn1)C2. The van der Waals surface area contributed by atoms with Gasteiger partial charge in [-0.05, 0) is 31.7 Å². The minimum absolute atomic E-state index is 0.0225. The molecule has 3 rings (SSSR count). The lowest BCUT2D eigenvalue weighted by molar-refractivity contribution is 0.0978. The molecule has 0 saturated carbocycles. The smallest absolute Gasteiger partial charge is 0.436 e. The topological polar surface area (TPSA) is 60.2 Å². The van der Waals surface area contributed by atoms with E-state index in [1.165, 1.54) is 31.7 Å². The van der Waals surface area contributed by atoms with Crippen LogP contribution in [0.4, 0.5) is 4.79 Å². The van der Waals surface area contributed by atoms with Crippen molar-refractivity contribution < 1.29 is 9.53 Å². The van der Waals surface area contributed by atoms with Crippen molar-refractivity contribution in [3.05, 3.63) is 12.4 Å². The largest absolute Gasteiger partial charge is 0.443 e. The molecule has 2 atom stereocenters. The van der Waals surface area contributed by atoms with Gasteiger partial charge in [0.25, 0.3) is 0 Å². The number of carbonyl (C=O) groups excluding carboxylic acids is 1. The maximum Gasteiger partial charge on any atom is 0.436 e. The number of hydrogen-bond donors (Lipinski definition) is 0. The van der Waals surface area contributed by atoms with E-state index in [1.807, 2.05) is 0 Å². The van der Waals surface area contributed by atoms with Crippen molar-refractivity contribution in [1.29, 1.82) is 0 Å². The van der Waals surface area contributed by atoms with E-state index in [0.29, 0.717) is 5.92 Å². The molecule has 0 spiro atoms. The highest BCUT2D eigenvalue weighted by molar-refractivity contribution is 5.69. The van der Waals surface area contributed by atoms with Crippen LogP contribution in [0.2, 0.25) is 0 Å². The number of hydrogen-bond acceptors (Lipinski definition) is 5. The summed E-state index contributed by atoms with van der Waals surface area (Å²) >= 11 is 0. The molecule has 0 aliphatic carbocycles. The quantitative estimate of drug-likeness (QED) is 0.845. The molecule has 2 aliphatic rings. The van der Waals surface area contributed by atoms with E-state index in [1.54, 1.807) is 0 Å². The lowest BCUT2D eigenvalue weighted by Gasteiger charge is -2.33. The molecule has 2 saturated heterocycles. The molecule has 0 amide bonds. The Morgan fingerprint density at radius 1 is 1.55 bits per heavy atom. The van der Waals surface area contributed by atoms with Gasteiger partial charge in [0.15, 0.2) is 0 Å². The summed E-state index contributed by atoms with van der Waals surface area (Å²) < 4.78 is 6.73. The molecule has 1 aromatic heterocycles. The first-order chi connectivity index (χ1) is 9.59. The predicted molar refractivity (Wildman–Crippen MR) is 73.3 cm³/mol. The van der Waals surface area contributed by atoms with Crippen molar-refractivity contribution in [1.82, 2.24) is 19.9 Å². The summed E-state index contributed by atoms with van der Waals surface area (Å²) in [6.07, 6.45) is 7.17. The van der Waals surface area contributed by atoms with Crippen molar-refractivity contribution in [2.45, 2.75) is 51.2 Å². The second-order valence-electron chi connectivity index (χ2n) is 6.43. The van der Waals surface area contributed by atoms with E-state index in [4.69, 9.17) is 4.74 Å². The Bertz CT molecular complexity index is 474. The van der Waals surface area contributed by atoms with Crippen LogP contribution in [0.25, 0.3) is 0 Å². The zero-order chi connectivity index (χ0) is 14.2. The van der Waals surface area contributed by atoms with Gasteiger partial charge < -0.3 is 4.74 Å². The fourth-order valence-electron chi connectivity index (χ4n) is 3.90. The number of rotatable bonds is 3. The molecule has 6 heteroatoms. The molecule has 0 aromatic carbocycles. The van der Waals surface area contributed by atoms with Gasteiger partial charge in [0.1, 0.15) is 6.10 Å². The molecule has 0 N–H and O–H groups in total. The molecule has 110 valence electrons. The first kappa shape index (κ1) is 13.5. The molecule has 0 radical (unpaired) electrons. The average Bonchev–Trinajstić information content (AvgIpc) is 3.02. The van der Waals surface area contributed by atoms with Crippen molar-refractivity contribution in [3.8, 4) is 0 Å². The van der Waals surface area contributed by atoms with Gasteiger partial charge in [0.2, 0.25) is 0 Å². The lowest BCUT2D eigenvalue weighted by atomic mass is 9.85. The maximum absolute atomic E-state index is 11.9. The van der Waals surface area contributed by atoms with Gasteiger partial charge in [-0.25, -0.2) is 4.79 Å². The first-order valence-corrected chi connectivity index (χ1v) is 7.41. The number of aromatic nitrogens is 3. The molecule has 0 unspecified atom stereocenters. The normalized spacial score (nSPS) is 29.9. The van der Waals surface area contributed by atoms with Crippen LogP contribution < -0.4 is 0 Å². The van der Waals surface area contributed by atoms with Gasteiger partial charge in [0.05, 0.1) is 12.4 Å². The number of carbonyl (C=O) groups is 1. The van der Waals surface area contributed by atoms with Crippen molar-refractivity contribution in [3.63, 3.8) is 0 Å². The summed E-state index contributed by atoms with van der Waals surface area (Å²) in [7, 11) is 0. The number of nitrogens with zero attached hydrogens (tertiary/aromatic N) is 4. The van der Waals surface area contributed by atoms with E-state index in [2.05, 4.69) is 29.1 Å². The fourth-order valence-corrected chi connectivity index (χ4v) is 3.90. The zero-order valence-electron chi connectivity index (χ0n) is 12.2. The Kier molecular flexibility index (Phi) is 3.50. The van der Waals surface area contributed by atoms with Crippen LogP contribution in [0, 0.1) is 5.92 Å². The standard InChI is InChI=1S/C14H22N4O2/c1-11(2)8-14-4-3-6-17(14)10-12(9-14)20-13(19)18-7-5-15-16-18/h5,7,11-12H,3-4,6,8-10H2,1-2H3/t12-,14+/m0/s1. The summed E-state index contributed by atoms with van der Waals surface area (Å²) in [5, 5.41) is 7.30. The number of fused-ring (bicyclic) bond motifs is 1. The average molecular weight is 278 g/mol. The summed E-state index contributed by atoms with van der Waals surface area (Å²) in [6.45, 7) is 6.51. The molecule has 2 fully saturated rings. The highest BCUT2D eigenvalue weighted by Crippen LogP contribution is 2.44. The highest BCUT2D eigenvalue weighted by atomic mass is 16.6. The lowest BCUT2D eigenvalue weighted by Crippen LogP contribution is -2.39. The Morgan fingerprint density at radius 3 is 3.10 bits per heavy atom. The van der Waals surface area contributed by atoms with Crippen LogP contribution in [0.3, 0.4) is 0 Å². The highest BCUT2D eigenvalue weighted by Gasteiger charge is 2.49. The fraction of sp³-hybridized carbons (Fsp3) is 0.786. The van der Waals surface area contributed by atoms with E-state index >= 15 is 0 Å². The Morgan fingerprint density at radius 2 is 2.40 bits per heavy atom. The van der Waals surface area contributed by atoms with Crippen LogP contribution in [-0.2, 0) is 4.74 Å². The Balaban J connectivity index is 1.65. The van der Waals surface area contributed by atoms with E-state index in [0.717, 1.165) is 24.2 Å². The minimum Gasteiger partial charge on any atom is -0.443 e. The third kappa shape index (κ3) is 2.44. The Hall–Kier alpha value is -1.43. The molecule has 20 heavy (non-hydrogen) atoms. The minimum atomic E-state index is -0.423. The zero-order valence-corrected chi connectivity index (χ0v) is 12.2. The third-order valence-corrected chi connectivity index (χ3v) is 4.44. The van der Waals surface area contributed by atoms with Crippen LogP contribution in [0.1, 0.15) is 39.5 Å². The second kappa shape index (κ2) is 5.16. The third-order valence-electron chi connectivity index (χ3n) is 4.44. The summed E-state index contributed by atoms with van der Waals surface area (Å²) in [4.78, 5) is 14.4. The molecule has 6 nitrogen and oxygen atoms in total. The van der Waals surface area contributed by atoms with Gasteiger partial charge >= 0.3 is 6.09 Å². The monoisotopic (exact) mass is 278 g/mol. The van der Waals surface area contributed by atoms with Gasteiger partial charge in [-0.15, -0.1) is 5.10 Å². The molecular weight excluding hydrogens is 256 g/mol. The summed E-state index contributed by atoms with van der Waals surface area (Å²) in [5.74, 6) is 0.667. The van der Waals surface area contributed by atoms with Crippen molar-refractivity contribution in [2.75, 3.05) is 13.1 Å². The van der Waals surface area contributed by atoms with Crippen molar-refractivity contribution >= 4 is 6.09 Å².